The van der Waals surface area contributed by atoms with Crippen LogP contribution in [-0.2, 0) is 14.8 Å². The van der Waals surface area contributed by atoms with Crippen molar-refractivity contribution in [1.82, 2.24) is 5.16 Å². The van der Waals surface area contributed by atoms with Crippen LogP contribution in [0.2, 0.25) is 0 Å². The summed E-state index contributed by atoms with van der Waals surface area (Å²) in [6.45, 7) is 1.33. The van der Waals surface area contributed by atoms with Crippen molar-refractivity contribution < 1.29 is 32.4 Å². The summed E-state index contributed by atoms with van der Waals surface area (Å²) in [4.78, 5) is 35.6. The summed E-state index contributed by atoms with van der Waals surface area (Å²) in [5.74, 6) is -2.58. The van der Waals surface area contributed by atoms with Gasteiger partial charge in [0.15, 0.2) is 11.3 Å². The van der Waals surface area contributed by atoms with Crippen LogP contribution in [-0.4, -0.2) is 36.5 Å². The second kappa shape index (κ2) is 9.53. The fourth-order valence-electron chi connectivity index (χ4n) is 3.64. The number of nitrogens with zero attached hydrogens (tertiary/aromatic N) is 2. The van der Waals surface area contributed by atoms with Gasteiger partial charge in [-0.05, 0) is 48.0 Å². The number of aromatic nitrogens is 1. The minimum absolute atomic E-state index is 0.00816. The predicted molar refractivity (Wildman–Crippen MR) is 131 cm³/mol. The van der Waals surface area contributed by atoms with E-state index in [-0.39, 0.29) is 49.8 Å². The quantitative estimate of drug-likeness (QED) is 0.295. The zero-order chi connectivity index (χ0) is 26.9. The number of carboxylic acids is 1. The van der Waals surface area contributed by atoms with Gasteiger partial charge < -0.3 is 20.3 Å². The third-order valence-corrected chi connectivity index (χ3v) is 6.17. The first-order valence-electron chi connectivity index (χ1n) is 10.4. The average molecular weight is 519 g/mol. The molecule has 4 aromatic rings. The minimum atomic E-state index is -4.31. The van der Waals surface area contributed by atoms with E-state index >= 15 is 0 Å². The summed E-state index contributed by atoms with van der Waals surface area (Å²) < 4.78 is 30.2. The molecule has 2 amide bonds. The summed E-state index contributed by atoms with van der Waals surface area (Å²) >= 11 is 0. The molecule has 0 spiro atoms. The molecule has 186 valence electrons. The van der Waals surface area contributed by atoms with Crippen LogP contribution in [0.15, 0.2) is 64.0 Å². The van der Waals surface area contributed by atoms with Gasteiger partial charge in [-0.2, -0.15) is 5.26 Å². The molecule has 0 saturated heterocycles. The largest absolute Gasteiger partial charge is 0.478 e. The van der Waals surface area contributed by atoms with Gasteiger partial charge in [-0.15, -0.1) is 0 Å². The van der Waals surface area contributed by atoms with Gasteiger partial charge in [-0.3, -0.25) is 9.59 Å². The lowest BCUT2D eigenvalue weighted by Gasteiger charge is -2.11. The number of amides is 2. The van der Waals surface area contributed by atoms with Crippen molar-refractivity contribution in [2.24, 2.45) is 5.14 Å². The second-order valence-corrected chi connectivity index (χ2v) is 9.34. The fraction of sp³-hybridized carbons (Fsp3) is 0.0417. The Hall–Kier alpha value is -5.06. The van der Waals surface area contributed by atoms with E-state index in [1.54, 1.807) is 24.3 Å². The average Bonchev–Trinajstić information content (AvgIpc) is 3.26. The molecule has 13 heteroatoms. The number of hydrogen-bond acceptors (Lipinski definition) is 8. The topological polar surface area (TPSA) is 205 Å². The van der Waals surface area contributed by atoms with Gasteiger partial charge >= 0.3 is 5.97 Å². The third kappa shape index (κ3) is 5.15. The number of nitrogens with two attached hydrogens (primary N) is 1. The number of rotatable bonds is 6. The van der Waals surface area contributed by atoms with Gasteiger partial charge in [0, 0.05) is 18.2 Å². The summed E-state index contributed by atoms with van der Waals surface area (Å²) in [6.07, 6.45) is 0. The van der Waals surface area contributed by atoms with E-state index in [2.05, 4.69) is 15.8 Å². The number of hydrogen-bond donors (Lipinski definition) is 4. The first-order valence-corrected chi connectivity index (χ1v) is 12.0. The molecule has 37 heavy (non-hydrogen) atoms. The molecule has 0 unspecified atom stereocenters. The van der Waals surface area contributed by atoms with Crippen LogP contribution in [0, 0.1) is 11.3 Å². The van der Waals surface area contributed by atoms with Crippen LogP contribution >= 0.6 is 0 Å². The Labute approximate surface area is 209 Å². The fourth-order valence-corrected chi connectivity index (χ4v) is 4.40. The predicted octanol–water partition coefficient (Wildman–Crippen LogP) is 2.92. The van der Waals surface area contributed by atoms with E-state index in [1.165, 1.54) is 25.1 Å². The monoisotopic (exact) mass is 519 g/mol. The number of primary sulfonamides is 1. The molecule has 4 rings (SSSR count). The van der Waals surface area contributed by atoms with E-state index in [1.807, 2.05) is 6.07 Å². The van der Waals surface area contributed by atoms with Crippen molar-refractivity contribution in [1.29, 1.82) is 5.26 Å². The molecule has 5 N–H and O–H groups in total. The maximum absolute atomic E-state index is 13.0. The minimum Gasteiger partial charge on any atom is -0.478 e. The van der Waals surface area contributed by atoms with Gasteiger partial charge in [-0.1, -0.05) is 17.3 Å². The lowest BCUT2D eigenvalue weighted by Crippen LogP contribution is -2.16. The van der Waals surface area contributed by atoms with Crippen molar-refractivity contribution >= 4 is 50.2 Å². The summed E-state index contributed by atoms with van der Waals surface area (Å²) in [7, 11) is -4.31. The Morgan fingerprint density at radius 1 is 1.08 bits per heavy atom. The SMILES string of the molecule is CC(=O)Nc1cccc(-c2cc3onc(C(=O)Nc4ccc(C#N)cc4C(=O)O)c3cc2S(N)(=O)=O)c1. The lowest BCUT2D eigenvalue weighted by molar-refractivity contribution is -0.114. The molecule has 1 aromatic heterocycles. The van der Waals surface area contributed by atoms with E-state index in [0.29, 0.717) is 11.3 Å². The maximum Gasteiger partial charge on any atom is 0.337 e. The van der Waals surface area contributed by atoms with Crippen molar-refractivity contribution in [3.05, 3.63) is 71.4 Å². The molecule has 0 radical (unpaired) electrons. The van der Waals surface area contributed by atoms with Gasteiger partial charge in [-0.25, -0.2) is 18.4 Å². The number of benzene rings is 3. The van der Waals surface area contributed by atoms with Crippen LogP contribution in [0.3, 0.4) is 0 Å². The number of sulfonamides is 1. The summed E-state index contributed by atoms with van der Waals surface area (Å²) in [5.41, 5.74) is 0.330. The molecule has 0 aliphatic heterocycles. The number of nitriles is 1. The highest BCUT2D eigenvalue weighted by Crippen LogP contribution is 2.34. The number of aromatic carboxylic acids is 1. The molecule has 0 aliphatic rings. The Morgan fingerprint density at radius 3 is 2.49 bits per heavy atom. The first-order chi connectivity index (χ1) is 17.5. The highest BCUT2D eigenvalue weighted by atomic mass is 32.2. The number of fused-ring (bicyclic) bond motifs is 1. The Morgan fingerprint density at radius 2 is 1.84 bits per heavy atom. The summed E-state index contributed by atoms with van der Waals surface area (Å²) in [6, 6.07) is 14.3. The van der Waals surface area contributed by atoms with Crippen molar-refractivity contribution in [2.75, 3.05) is 10.6 Å². The zero-order valence-corrected chi connectivity index (χ0v) is 19.8. The highest BCUT2D eigenvalue weighted by molar-refractivity contribution is 7.89. The van der Waals surface area contributed by atoms with Gasteiger partial charge in [0.25, 0.3) is 5.91 Å². The lowest BCUT2D eigenvalue weighted by atomic mass is 10.0. The Balaban J connectivity index is 1.80. The van der Waals surface area contributed by atoms with Gasteiger partial charge in [0.2, 0.25) is 15.9 Å². The highest BCUT2D eigenvalue weighted by Gasteiger charge is 2.24. The number of anilines is 2. The molecule has 0 atom stereocenters. The molecule has 12 nitrogen and oxygen atoms in total. The number of carboxylic acid groups (broad SMARTS) is 1. The van der Waals surface area contributed by atoms with Crippen LogP contribution < -0.4 is 15.8 Å². The van der Waals surface area contributed by atoms with E-state index < -0.39 is 21.9 Å². The number of nitrogens with one attached hydrogen (secondary N) is 2. The van der Waals surface area contributed by atoms with Crippen molar-refractivity contribution in [2.45, 2.75) is 11.8 Å². The zero-order valence-electron chi connectivity index (χ0n) is 19.0. The number of carbonyl (C=O) groups is 3. The molecule has 0 saturated carbocycles. The second-order valence-electron chi connectivity index (χ2n) is 7.81. The number of carbonyl (C=O) groups excluding carboxylic acids is 2. The standard InChI is InChI=1S/C24H17N5O7S/c1-12(30)27-15-4-2-3-14(8-15)16-9-20-18(10-21(16)37(26,34)35)22(29-36-20)23(31)28-19-6-5-13(11-25)7-17(19)24(32)33/h2-10H,1H3,(H,27,30)(H,28,31)(H,32,33)(H2,26,34,35). The third-order valence-electron chi connectivity index (χ3n) is 5.22. The Bertz CT molecular complexity index is 1750. The molecule has 1 heterocycles. The van der Waals surface area contributed by atoms with Crippen LogP contribution in [0.25, 0.3) is 22.1 Å². The molecule has 3 aromatic carbocycles. The van der Waals surface area contributed by atoms with Gasteiger partial charge in [0.05, 0.1) is 33.2 Å². The normalized spacial score (nSPS) is 11.1. The van der Waals surface area contributed by atoms with Crippen LogP contribution in [0.4, 0.5) is 11.4 Å². The maximum atomic E-state index is 13.0. The van der Waals surface area contributed by atoms with E-state index in [0.717, 1.165) is 12.1 Å². The van der Waals surface area contributed by atoms with Crippen molar-refractivity contribution in [3.63, 3.8) is 0 Å². The van der Waals surface area contributed by atoms with E-state index in [4.69, 9.17) is 14.9 Å². The first kappa shape index (κ1) is 25.0. The van der Waals surface area contributed by atoms with E-state index in [9.17, 15) is 27.9 Å². The molecule has 0 bridgehead atoms. The molecule has 0 aliphatic carbocycles. The van der Waals surface area contributed by atoms with Crippen molar-refractivity contribution in [3.8, 4) is 17.2 Å². The van der Waals surface area contributed by atoms with Gasteiger partial charge in [0.1, 0.15) is 0 Å². The molecule has 0 fully saturated rings. The smallest absolute Gasteiger partial charge is 0.337 e. The summed E-state index contributed by atoms with van der Waals surface area (Å²) in [5, 5.41) is 32.6. The van der Waals surface area contributed by atoms with Crippen LogP contribution in [0.5, 0.6) is 0 Å². The molecular formula is C24H17N5O7S. The van der Waals surface area contributed by atoms with Crippen LogP contribution in [0.1, 0.15) is 33.3 Å². The molecular weight excluding hydrogens is 502 g/mol. The Kier molecular flexibility index (Phi) is 6.45.